The first-order chi connectivity index (χ1) is 11.6. The maximum Gasteiger partial charge on any atom is 0.435 e. The molecule has 0 bridgehead atoms. The molecule has 0 radical (unpaired) electrons. The van der Waals surface area contributed by atoms with E-state index in [-0.39, 0.29) is 16.8 Å². The smallest absolute Gasteiger partial charge is 0.251 e. The van der Waals surface area contributed by atoms with E-state index in [4.69, 9.17) is 0 Å². The van der Waals surface area contributed by atoms with Crippen LogP contribution in [0.15, 0.2) is 48.9 Å². The van der Waals surface area contributed by atoms with Gasteiger partial charge in [-0.15, -0.1) is 0 Å². The van der Waals surface area contributed by atoms with Gasteiger partial charge in [0.25, 0.3) is 0 Å². The minimum absolute atomic E-state index is 0.0149. The van der Waals surface area contributed by atoms with Crippen molar-refractivity contribution in [2.45, 2.75) is 6.18 Å². The molecule has 0 saturated heterocycles. The Kier molecular flexibility index (Phi) is 3.94. The Morgan fingerprint density at radius 1 is 1.12 bits per heavy atom. The van der Waals surface area contributed by atoms with Crippen LogP contribution in [0.2, 0.25) is 0 Å². The molecule has 0 N–H and O–H groups in total. The van der Waals surface area contributed by atoms with E-state index in [1.807, 2.05) is 0 Å². The minimum Gasteiger partial charge on any atom is -0.251 e. The second-order valence-electron chi connectivity index (χ2n) is 5.31. The molecule has 1 aromatic carbocycles. The topological polar surface area (TPSA) is 56.9 Å². The zero-order chi connectivity index (χ0) is 18.4. The van der Waals surface area contributed by atoms with Gasteiger partial charge in [0.1, 0.15) is 5.82 Å². The predicted molar refractivity (Wildman–Crippen MR) is 82.2 cm³/mol. The molecular weight excluding hydrogens is 362 g/mol. The number of rotatable bonds is 3. The number of alkyl halides is 3. The normalized spacial score (nSPS) is 12.5. The molecule has 5 nitrogen and oxygen atoms in total. The molecule has 10 heteroatoms. The third-order valence-electron chi connectivity index (χ3n) is 3.42. The Morgan fingerprint density at radius 2 is 1.84 bits per heavy atom. The lowest BCUT2D eigenvalue weighted by atomic mass is 10.1. The average molecular weight is 373 g/mol. The van der Waals surface area contributed by atoms with Crippen LogP contribution in [0.1, 0.15) is 5.69 Å². The first kappa shape index (κ1) is 17.2. The van der Waals surface area contributed by atoms with Gasteiger partial charge in [-0.05, 0) is 23.8 Å². The molecular formula is C15H11F4N3O2S. The molecule has 0 aliphatic carbocycles. The van der Waals surface area contributed by atoms with E-state index < -0.39 is 27.7 Å². The molecule has 0 aliphatic heterocycles. The van der Waals surface area contributed by atoms with Crippen LogP contribution in [0.4, 0.5) is 17.6 Å². The third kappa shape index (κ3) is 3.43. The highest BCUT2D eigenvalue weighted by atomic mass is 32.2. The van der Waals surface area contributed by atoms with Gasteiger partial charge in [-0.3, -0.25) is 3.97 Å². The summed E-state index contributed by atoms with van der Waals surface area (Å²) in [4.78, 5) is 0. The van der Waals surface area contributed by atoms with Gasteiger partial charge in [0, 0.05) is 24.2 Å². The summed E-state index contributed by atoms with van der Waals surface area (Å²) >= 11 is 0. The van der Waals surface area contributed by atoms with E-state index in [2.05, 4.69) is 5.10 Å². The van der Waals surface area contributed by atoms with Crippen LogP contribution in [-0.2, 0) is 16.2 Å². The van der Waals surface area contributed by atoms with Crippen LogP contribution in [-0.4, -0.2) is 28.4 Å². The van der Waals surface area contributed by atoms with Crippen molar-refractivity contribution in [3.63, 3.8) is 0 Å². The van der Waals surface area contributed by atoms with E-state index in [0.29, 0.717) is 0 Å². The van der Waals surface area contributed by atoms with Gasteiger partial charge >= 0.3 is 6.18 Å². The molecule has 3 aromatic rings. The van der Waals surface area contributed by atoms with Crippen molar-refractivity contribution < 1.29 is 26.0 Å². The van der Waals surface area contributed by atoms with Crippen LogP contribution in [0, 0.1) is 5.82 Å². The van der Waals surface area contributed by atoms with E-state index in [1.165, 1.54) is 24.4 Å². The molecule has 0 unspecified atom stereocenters. The molecule has 2 aromatic heterocycles. The Morgan fingerprint density at radius 3 is 2.40 bits per heavy atom. The first-order valence-electron chi connectivity index (χ1n) is 6.87. The SMILES string of the molecule is CS(=O)(=O)n1ccc(-n2cc(-c3cccc(F)c3)c(C(F)(F)F)n2)c1. The average Bonchev–Trinajstić information content (AvgIpc) is 3.13. The highest BCUT2D eigenvalue weighted by Crippen LogP contribution is 2.36. The van der Waals surface area contributed by atoms with Crippen LogP contribution < -0.4 is 0 Å². The summed E-state index contributed by atoms with van der Waals surface area (Å²) in [6, 6.07) is 6.03. The predicted octanol–water partition coefficient (Wildman–Crippen LogP) is 3.31. The molecule has 0 fully saturated rings. The fourth-order valence-corrected chi connectivity index (χ4v) is 2.87. The van der Waals surface area contributed by atoms with Crippen molar-refractivity contribution in [3.05, 3.63) is 60.4 Å². The van der Waals surface area contributed by atoms with E-state index >= 15 is 0 Å². The second kappa shape index (κ2) is 5.73. The van der Waals surface area contributed by atoms with Gasteiger partial charge in [-0.2, -0.15) is 18.3 Å². The standard InChI is InChI=1S/C15H11F4N3O2S/c1-25(23,24)21-6-5-12(8-21)22-9-13(14(20-22)15(17,18)19)10-3-2-4-11(16)7-10/h2-9H,1H3. The molecule has 2 heterocycles. The van der Waals surface area contributed by atoms with Crippen molar-refractivity contribution in [2.24, 2.45) is 0 Å². The molecule has 25 heavy (non-hydrogen) atoms. The van der Waals surface area contributed by atoms with Crippen LogP contribution in [0.3, 0.4) is 0 Å². The van der Waals surface area contributed by atoms with Crippen LogP contribution >= 0.6 is 0 Å². The molecule has 0 atom stereocenters. The second-order valence-corrected chi connectivity index (χ2v) is 7.19. The van der Waals surface area contributed by atoms with E-state index in [1.54, 1.807) is 0 Å². The lowest BCUT2D eigenvalue weighted by Crippen LogP contribution is -2.09. The van der Waals surface area contributed by atoms with Gasteiger partial charge in [-0.25, -0.2) is 17.5 Å². The van der Waals surface area contributed by atoms with Gasteiger partial charge in [0.05, 0.1) is 11.9 Å². The van der Waals surface area contributed by atoms with Crippen molar-refractivity contribution in [3.8, 4) is 16.8 Å². The van der Waals surface area contributed by atoms with Crippen molar-refractivity contribution in [1.82, 2.24) is 13.8 Å². The highest BCUT2D eigenvalue weighted by Gasteiger charge is 2.37. The van der Waals surface area contributed by atoms with Gasteiger partial charge in [-0.1, -0.05) is 12.1 Å². The summed E-state index contributed by atoms with van der Waals surface area (Å²) in [6.07, 6.45) is -0.385. The largest absolute Gasteiger partial charge is 0.435 e. The lowest BCUT2D eigenvalue weighted by molar-refractivity contribution is -0.140. The number of benzene rings is 1. The summed E-state index contributed by atoms with van der Waals surface area (Å²) in [5, 5.41) is 3.51. The monoisotopic (exact) mass is 373 g/mol. The molecule has 132 valence electrons. The summed E-state index contributed by atoms with van der Waals surface area (Å²) in [7, 11) is -3.58. The van der Waals surface area contributed by atoms with Crippen molar-refractivity contribution >= 4 is 10.0 Å². The quantitative estimate of drug-likeness (QED) is 0.662. The zero-order valence-corrected chi connectivity index (χ0v) is 13.5. The van der Waals surface area contributed by atoms with Gasteiger partial charge in [0.2, 0.25) is 10.0 Å². The van der Waals surface area contributed by atoms with E-state index in [0.717, 1.165) is 39.4 Å². The van der Waals surface area contributed by atoms with E-state index in [9.17, 15) is 26.0 Å². The molecule has 3 rings (SSSR count). The van der Waals surface area contributed by atoms with Gasteiger partial charge in [0.15, 0.2) is 5.69 Å². The Hall–Kier alpha value is -2.62. The third-order valence-corrected chi connectivity index (χ3v) is 4.41. The number of hydrogen-bond donors (Lipinski definition) is 0. The summed E-state index contributed by atoms with van der Waals surface area (Å²) in [5.41, 5.74) is -1.36. The fourth-order valence-electron chi connectivity index (χ4n) is 2.29. The molecule has 0 aliphatic rings. The minimum atomic E-state index is -4.76. The molecule has 0 spiro atoms. The summed E-state index contributed by atoms with van der Waals surface area (Å²) in [6.45, 7) is 0. The lowest BCUT2D eigenvalue weighted by Gasteiger charge is -2.05. The summed E-state index contributed by atoms with van der Waals surface area (Å²) < 4.78 is 78.0. The Labute approximate surface area is 140 Å². The van der Waals surface area contributed by atoms with Gasteiger partial charge < -0.3 is 0 Å². The van der Waals surface area contributed by atoms with Crippen LogP contribution in [0.25, 0.3) is 16.8 Å². The molecule has 0 amide bonds. The zero-order valence-electron chi connectivity index (χ0n) is 12.7. The highest BCUT2D eigenvalue weighted by molar-refractivity contribution is 7.89. The number of hydrogen-bond acceptors (Lipinski definition) is 3. The number of aromatic nitrogens is 3. The summed E-state index contributed by atoms with van der Waals surface area (Å²) in [5.74, 6) is -0.679. The number of nitrogens with zero attached hydrogens (tertiary/aromatic N) is 3. The fraction of sp³-hybridized carbons (Fsp3) is 0.133. The molecule has 0 saturated carbocycles. The van der Waals surface area contributed by atoms with Crippen molar-refractivity contribution in [1.29, 1.82) is 0 Å². The maximum atomic E-state index is 13.4. The first-order valence-corrected chi connectivity index (χ1v) is 8.72. The number of halogens is 4. The van der Waals surface area contributed by atoms with Crippen LogP contribution in [0.5, 0.6) is 0 Å². The Balaban J connectivity index is 2.16. The van der Waals surface area contributed by atoms with Crippen molar-refractivity contribution in [2.75, 3.05) is 6.26 Å². The maximum absolute atomic E-state index is 13.4. The Bertz CT molecular complexity index is 1040.